The summed E-state index contributed by atoms with van der Waals surface area (Å²) in [7, 11) is 0. The average Bonchev–Trinajstić information content (AvgIpc) is 2.03. The van der Waals surface area contributed by atoms with Crippen LogP contribution in [0.4, 0.5) is 4.39 Å². The lowest BCUT2D eigenvalue weighted by molar-refractivity contribution is 0.592. The van der Waals surface area contributed by atoms with Crippen LogP contribution in [-0.2, 0) is 0 Å². The first-order valence-electron chi connectivity index (χ1n) is 5.55. The second kappa shape index (κ2) is 6.80. The van der Waals surface area contributed by atoms with E-state index in [0.717, 1.165) is 18.4 Å². The molecule has 1 heteroatoms. The van der Waals surface area contributed by atoms with Gasteiger partial charge in [-0.1, -0.05) is 40.7 Å². The van der Waals surface area contributed by atoms with Crippen molar-refractivity contribution in [2.75, 3.05) is 0 Å². The highest BCUT2D eigenvalue weighted by molar-refractivity contribution is 5.26. The van der Waals surface area contributed by atoms with Crippen LogP contribution >= 0.6 is 0 Å². The molecule has 0 nitrogen and oxygen atoms in total. The standard InChI is InChI=1S/C13H23F/c1-6-7-13(14)12(11(4)5)9-8-10(2)3/h7,9-11H,6,8H2,1-5H3/b12-9-,13-7+. The summed E-state index contributed by atoms with van der Waals surface area (Å²) in [5.74, 6) is 0.831. The van der Waals surface area contributed by atoms with Crippen molar-refractivity contribution in [3.63, 3.8) is 0 Å². The van der Waals surface area contributed by atoms with E-state index in [9.17, 15) is 4.39 Å². The molecule has 0 saturated heterocycles. The van der Waals surface area contributed by atoms with Crippen molar-refractivity contribution in [1.82, 2.24) is 0 Å². The summed E-state index contributed by atoms with van der Waals surface area (Å²) < 4.78 is 13.6. The number of rotatable bonds is 5. The first-order valence-corrected chi connectivity index (χ1v) is 5.55. The van der Waals surface area contributed by atoms with Gasteiger partial charge in [-0.2, -0.15) is 0 Å². The van der Waals surface area contributed by atoms with Gasteiger partial charge in [-0.25, -0.2) is 4.39 Å². The van der Waals surface area contributed by atoms with Crippen LogP contribution in [0.1, 0.15) is 47.5 Å². The Labute approximate surface area is 87.9 Å². The molecule has 0 aromatic carbocycles. The van der Waals surface area contributed by atoms with Gasteiger partial charge in [0.2, 0.25) is 0 Å². The maximum absolute atomic E-state index is 13.6. The predicted octanol–water partition coefficient (Wildman–Crippen LogP) is 4.88. The number of hydrogen-bond donors (Lipinski definition) is 0. The third-order valence-electron chi connectivity index (χ3n) is 2.09. The van der Waals surface area contributed by atoms with E-state index in [4.69, 9.17) is 0 Å². The Bertz CT molecular complexity index is 209. The summed E-state index contributed by atoms with van der Waals surface area (Å²) in [6, 6.07) is 0. The van der Waals surface area contributed by atoms with Crippen LogP contribution in [0, 0.1) is 11.8 Å². The van der Waals surface area contributed by atoms with Crippen molar-refractivity contribution in [2.24, 2.45) is 11.8 Å². The van der Waals surface area contributed by atoms with Gasteiger partial charge in [-0.15, -0.1) is 0 Å². The molecule has 0 aromatic heterocycles. The highest BCUT2D eigenvalue weighted by Crippen LogP contribution is 2.22. The van der Waals surface area contributed by atoms with Gasteiger partial charge >= 0.3 is 0 Å². The molecule has 14 heavy (non-hydrogen) atoms. The minimum atomic E-state index is -0.0387. The SMILES string of the molecule is CC/C=C(F)\C(=C/CC(C)C)C(C)C. The van der Waals surface area contributed by atoms with Crippen molar-refractivity contribution in [1.29, 1.82) is 0 Å². The fourth-order valence-corrected chi connectivity index (χ4v) is 1.27. The summed E-state index contributed by atoms with van der Waals surface area (Å²) in [6.07, 6.45) is 5.42. The van der Waals surface area contributed by atoms with Crippen LogP contribution in [-0.4, -0.2) is 0 Å². The van der Waals surface area contributed by atoms with Crippen LogP contribution < -0.4 is 0 Å². The maximum Gasteiger partial charge on any atom is 0.122 e. The van der Waals surface area contributed by atoms with Gasteiger partial charge < -0.3 is 0 Å². The minimum Gasteiger partial charge on any atom is -0.207 e. The maximum atomic E-state index is 13.6. The van der Waals surface area contributed by atoms with E-state index in [2.05, 4.69) is 13.8 Å². The van der Waals surface area contributed by atoms with Gasteiger partial charge in [0.05, 0.1) is 0 Å². The lowest BCUT2D eigenvalue weighted by Crippen LogP contribution is -1.96. The summed E-state index contributed by atoms with van der Waals surface area (Å²) in [5.41, 5.74) is 0.862. The quantitative estimate of drug-likeness (QED) is 0.552. The smallest absolute Gasteiger partial charge is 0.122 e. The van der Waals surface area contributed by atoms with Gasteiger partial charge in [0.15, 0.2) is 0 Å². The van der Waals surface area contributed by atoms with E-state index in [1.807, 2.05) is 26.8 Å². The topological polar surface area (TPSA) is 0 Å². The molecule has 0 aliphatic carbocycles. The molecule has 0 aromatic rings. The molecule has 0 heterocycles. The van der Waals surface area contributed by atoms with Gasteiger partial charge in [0, 0.05) is 0 Å². The monoisotopic (exact) mass is 198 g/mol. The summed E-state index contributed by atoms with van der Waals surface area (Å²) in [5, 5.41) is 0. The zero-order valence-corrected chi connectivity index (χ0v) is 10.1. The van der Waals surface area contributed by atoms with E-state index in [1.54, 1.807) is 6.08 Å². The molecule has 0 rings (SSSR count). The molecule has 82 valence electrons. The molecule has 0 bridgehead atoms. The van der Waals surface area contributed by atoms with Gasteiger partial charge in [0.1, 0.15) is 5.83 Å². The summed E-state index contributed by atoms with van der Waals surface area (Å²) in [6.45, 7) is 10.3. The Morgan fingerprint density at radius 2 is 1.71 bits per heavy atom. The highest BCUT2D eigenvalue weighted by Gasteiger charge is 2.08. The molecule has 0 atom stereocenters. The molecule has 0 N–H and O–H groups in total. The minimum absolute atomic E-state index is 0.0387. The molecular formula is C13H23F. The van der Waals surface area contributed by atoms with Crippen molar-refractivity contribution in [3.8, 4) is 0 Å². The third-order valence-corrected chi connectivity index (χ3v) is 2.09. The van der Waals surface area contributed by atoms with Crippen LogP contribution in [0.3, 0.4) is 0 Å². The van der Waals surface area contributed by atoms with Crippen molar-refractivity contribution in [3.05, 3.63) is 23.6 Å². The molecule has 0 fully saturated rings. The zero-order chi connectivity index (χ0) is 11.1. The van der Waals surface area contributed by atoms with Crippen LogP contribution in [0.25, 0.3) is 0 Å². The highest BCUT2D eigenvalue weighted by atomic mass is 19.1. The Kier molecular flexibility index (Phi) is 6.52. The number of halogens is 1. The molecular weight excluding hydrogens is 175 g/mol. The Morgan fingerprint density at radius 3 is 2.07 bits per heavy atom. The Morgan fingerprint density at radius 1 is 1.14 bits per heavy atom. The van der Waals surface area contributed by atoms with Crippen LogP contribution in [0.5, 0.6) is 0 Å². The van der Waals surface area contributed by atoms with Gasteiger partial charge in [-0.05, 0) is 36.3 Å². The fraction of sp³-hybridized carbons (Fsp3) is 0.692. The molecule has 0 aliphatic rings. The average molecular weight is 198 g/mol. The van der Waals surface area contributed by atoms with E-state index < -0.39 is 0 Å². The fourth-order valence-electron chi connectivity index (χ4n) is 1.27. The Balaban J connectivity index is 4.59. The number of allylic oxidation sites excluding steroid dienone is 4. The third kappa shape index (κ3) is 5.21. The normalized spacial score (nSPS) is 14.3. The second-order valence-electron chi connectivity index (χ2n) is 4.40. The van der Waals surface area contributed by atoms with Crippen molar-refractivity contribution >= 4 is 0 Å². The lowest BCUT2D eigenvalue weighted by Gasteiger charge is -2.10. The van der Waals surface area contributed by atoms with E-state index >= 15 is 0 Å². The lowest BCUT2D eigenvalue weighted by atomic mass is 9.98. The largest absolute Gasteiger partial charge is 0.207 e. The molecule has 0 spiro atoms. The van der Waals surface area contributed by atoms with Crippen LogP contribution in [0.2, 0.25) is 0 Å². The van der Waals surface area contributed by atoms with Gasteiger partial charge in [0.25, 0.3) is 0 Å². The summed E-state index contributed by atoms with van der Waals surface area (Å²) >= 11 is 0. The molecule has 0 aliphatic heterocycles. The predicted molar refractivity (Wildman–Crippen MR) is 61.9 cm³/mol. The number of hydrogen-bond acceptors (Lipinski definition) is 0. The zero-order valence-electron chi connectivity index (χ0n) is 10.1. The first-order chi connectivity index (χ1) is 6.49. The molecule has 0 unspecified atom stereocenters. The summed E-state index contributed by atoms with van der Waals surface area (Å²) in [4.78, 5) is 0. The van der Waals surface area contributed by atoms with Crippen molar-refractivity contribution in [2.45, 2.75) is 47.5 Å². The second-order valence-corrected chi connectivity index (χ2v) is 4.40. The van der Waals surface area contributed by atoms with E-state index in [1.165, 1.54) is 0 Å². The molecule has 0 radical (unpaired) electrons. The Hall–Kier alpha value is -0.590. The van der Waals surface area contributed by atoms with E-state index in [0.29, 0.717) is 5.92 Å². The van der Waals surface area contributed by atoms with E-state index in [-0.39, 0.29) is 11.7 Å². The van der Waals surface area contributed by atoms with Gasteiger partial charge in [-0.3, -0.25) is 0 Å². The van der Waals surface area contributed by atoms with Crippen molar-refractivity contribution < 1.29 is 4.39 Å². The molecule has 0 saturated carbocycles. The first kappa shape index (κ1) is 13.4. The molecule has 0 amide bonds. The van der Waals surface area contributed by atoms with Crippen LogP contribution in [0.15, 0.2) is 23.6 Å².